The molecule has 3 aromatic carbocycles. The Hall–Kier alpha value is -3.53. The zero-order valence-electron chi connectivity index (χ0n) is 17.9. The van der Waals surface area contributed by atoms with Crippen molar-refractivity contribution in [2.75, 3.05) is 13.2 Å². The molecular weight excluding hydrogens is 440 g/mol. The highest BCUT2D eigenvalue weighted by molar-refractivity contribution is 7.89. The summed E-state index contributed by atoms with van der Waals surface area (Å²) in [4.78, 5) is 12.5. The maximum Gasteiger partial charge on any atom is 0.240 e. The summed E-state index contributed by atoms with van der Waals surface area (Å²) >= 11 is 0. The fraction of sp³-hybridized carbons (Fsp3) is 0.167. The van der Waals surface area contributed by atoms with Crippen LogP contribution in [0.25, 0.3) is 11.1 Å². The molecular formula is C24H26N4O4S. The molecule has 0 aliphatic rings. The molecule has 0 heterocycles. The monoisotopic (exact) mass is 466 g/mol. The predicted molar refractivity (Wildman–Crippen MR) is 127 cm³/mol. The van der Waals surface area contributed by atoms with Crippen LogP contribution in [0.3, 0.4) is 0 Å². The fourth-order valence-electron chi connectivity index (χ4n) is 3.20. The first kappa shape index (κ1) is 24.1. The Morgan fingerprint density at radius 3 is 2.27 bits per heavy atom. The Labute approximate surface area is 193 Å². The van der Waals surface area contributed by atoms with E-state index in [1.165, 1.54) is 12.1 Å². The molecule has 33 heavy (non-hydrogen) atoms. The lowest BCUT2D eigenvalue weighted by Crippen LogP contribution is -2.26. The Kier molecular flexibility index (Phi) is 7.94. The van der Waals surface area contributed by atoms with E-state index >= 15 is 0 Å². The number of nitrogen functional groups attached to an aromatic ring is 1. The molecule has 3 rings (SSSR count). The number of carbonyl (C=O) groups is 1. The summed E-state index contributed by atoms with van der Waals surface area (Å²) in [7, 11) is -3.66. The second kappa shape index (κ2) is 10.9. The number of hydrogen-bond acceptors (Lipinski definition) is 5. The van der Waals surface area contributed by atoms with E-state index in [2.05, 4.69) is 10.0 Å². The van der Waals surface area contributed by atoms with Crippen LogP contribution in [0.15, 0.2) is 77.7 Å². The summed E-state index contributed by atoms with van der Waals surface area (Å²) in [5.74, 6) is -0.126. The molecule has 172 valence electrons. The number of aliphatic hydroxyl groups is 1. The third-order valence-electron chi connectivity index (χ3n) is 4.95. The smallest absolute Gasteiger partial charge is 0.240 e. The van der Waals surface area contributed by atoms with Crippen LogP contribution in [-0.4, -0.2) is 38.4 Å². The third kappa shape index (κ3) is 6.72. The van der Waals surface area contributed by atoms with E-state index in [-0.39, 0.29) is 36.2 Å². The van der Waals surface area contributed by atoms with Gasteiger partial charge in [-0.25, -0.2) is 13.1 Å². The summed E-state index contributed by atoms with van der Waals surface area (Å²) in [6.07, 6.45) is 0.205. The van der Waals surface area contributed by atoms with Gasteiger partial charge in [0.25, 0.3) is 0 Å². The van der Waals surface area contributed by atoms with E-state index in [0.29, 0.717) is 12.1 Å². The van der Waals surface area contributed by atoms with Crippen molar-refractivity contribution in [3.05, 3.63) is 89.5 Å². The number of aliphatic hydroxyl groups excluding tert-OH is 1. The van der Waals surface area contributed by atoms with E-state index in [9.17, 15) is 13.2 Å². The molecule has 0 unspecified atom stereocenters. The van der Waals surface area contributed by atoms with Crippen molar-refractivity contribution in [2.24, 2.45) is 5.73 Å². The Bertz CT molecular complexity index is 1220. The van der Waals surface area contributed by atoms with Crippen LogP contribution in [0.2, 0.25) is 0 Å². The molecule has 0 spiro atoms. The molecule has 6 N–H and O–H groups in total. The van der Waals surface area contributed by atoms with Crippen LogP contribution in [-0.2, 0) is 27.8 Å². The van der Waals surface area contributed by atoms with Crippen molar-refractivity contribution < 1.29 is 18.3 Å². The minimum absolute atomic E-state index is 0.0000884. The number of nitrogens with two attached hydrogens (primary N) is 1. The molecule has 8 nitrogen and oxygen atoms in total. The van der Waals surface area contributed by atoms with E-state index in [1.807, 2.05) is 36.4 Å². The van der Waals surface area contributed by atoms with Gasteiger partial charge in [-0.3, -0.25) is 10.2 Å². The summed E-state index contributed by atoms with van der Waals surface area (Å²) < 4.78 is 26.6. The first-order chi connectivity index (χ1) is 15.8. The molecule has 1 amide bonds. The molecule has 0 bridgehead atoms. The van der Waals surface area contributed by atoms with Crippen LogP contribution < -0.4 is 15.8 Å². The second-order valence-electron chi connectivity index (χ2n) is 7.41. The Balaban J connectivity index is 1.62. The highest BCUT2D eigenvalue weighted by atomic mass is 32.2. The zero-order chi connectivity index (χ0) is 23.8. The average molecular weight is 467 g/mol. The number of benzene rings is 3. The van der Waals surface area contributed by atoms with Gasteiger partial charge in [0.05, 0.1) is 17.9 Å². The number of amidine groups is 1. The number of nitrogens with one attached hydrogen (secondary N) is 3. The van der Waals surface area contributed by atoms with Gasteiger partial charge >= 0.3 is 0 Å². The predicted octanol–water partition coefficient (Wildman–Crippen LogP) is 1.77. The molecule has 0 aliphatic carbocycles. The molecule has 0 fully saturated rings. The van der Waals surface area contributed by atoms with Crippen LogP contribution >= 0.6 is 0 Å². The number of sulfonamides is 1. The molecule has 0 aromatic heterocycles. The molecule has 0 atom stereocenters. The lowest BCUT2D eigenvalue weighted by Gasteiger charge is -2.09. The largest absolute Gasteiger partial charge is 0.395 e. The van der Waals surface area contributed by atoms with Crippen LogP contribution in [0.5, 0.6) is 0 Å². The minimum Gasteiger partial charge on any atom is -0.395 e. The Morgan fingerprint density at radius 2 is 1.64 bits per heavy atom. The van der Waals surface area contributed by atoms with Gasteiger partial charge in [0.2, 0.25) is 15.9 Å². The van der Waals surface area contributed by atoms with E-state index < -0.39 is 10.0 Å². The maximum atomic E-state index is 12.4. The van der Waals surface area contributed by atoms with Crippen molar-refractivity contribution in [2.45, 2.75) is 17.9 Å². The average Bonchev–Trinajstić information content (AvgIpc) is 2.82. The molecule has 0 saturated carbocycles. The maximum absolute atomic E-state index is 12.4. The fourth-order valence-corrected chi connectivity index (χ4v) is 4.22. The summed E-state index contributed by atoms with van der Waals surface area (Å²) in [5.41, 5.74) is 9.51. The van der Waals surface area contributed by atoms with Crippen LogP contribution in [0.1, 0.15) is 16.7 Å². The molecule has 0 radical (unpaired) electrons. The second-order valence-corrected chi connectivity index (χ2v) is 9.18. The summed E-state index contributed by atoms with van der Waals surface area (Å²) in [6.45, 7) is 0.0543. The van der Waals surface area contributed by atoms with Crippen molar-refractivity contribution in [3.8, 4) is 11.1 Å². The number of hydrogen-bond donors (Lipinski definition) is 5. The standard InChI is InChI=1S/C24H26N4O4S/c25-24(26)20-6-4-17(5-7-20)16-27-23(30)15-18-2-1-3-21(14-18)19-8-10-22(11-9-19)33(31,32)28-12-13-29/h1-11,14,28-29H,12-13,15-16H2,(H3,25,26)(H,27,30). The summed E-state index contributed by atoms with van der Waals surface area (Å²) in [6, 6.07) is 21.1. The normalized spacial score (nSPS) is 11.2. The molecule has 9 heteroatoms. The minimum atomic E-state index is -3.66. The van der Waals surface area contributed by atoms with Gasteiger partial charge in [0, 0.05) is 18.7 Å². The SMILES string of the molecule is N=C(N)c1ccc(CNC(=O)Cc2cccc(-c3ccc(S(=O)(=O)NCCO)cc3)c2)cc1. The van der Waals surface area contributed by atoms with Crippen molar-refractivity contribution in [1.82, 2.24) is 10.0 Å². The number of rotatable bonds is 10. The molecule has 0 saturated heterocycles. The van der Waals surface area contributed by atoms with Gasteiger partial charge in [-0.05, 0) is 34.4 Å². The Morgan fingerprint density at radius 1 is 0.939 bits per heavy atom. The van der Waals surface area contributed by atoms with Gasteiger partial charge in [-0.2, -0.15) is 0 Å². The molecule has 3 aromatic rings. The topological polar surface area (TPSA) is 145 Å². The van der Waals surface area contributed by atoms with Crippen molar-refractivity contribution in [1.29, 1.82) is 5.41 Å². The zero-order valence-corrected chi connectivity index (χ0v) is 18.7. The number of carbonyl (C=O) groups excluding carboxylic acids is 1. The third-order valence-corrected chi connectivity index (χ3v) is 6.43. The van der Waals surface area contributed by atoms with Gasteiger partial charge < -0.3 is 16.2 Å². The molecule has 0 aliphatic heterocycles. The lowest BCUT2D eigenvalue weighted by molar-refractivity contribution is -0.120. The quantitative estimate of drug-likeness (QED) is 0.228. The van der Waals surface area contributed by atoms with E-state index in [0.717, 1.165) is 22.3 Å². The summed E-state index contributed by atoms with van der Waals surface area (Å²) in [5, 5.41) is 19.1. The van der Waals surface area contributed by atoms with E-state index in [1.54, 1.807) is 24.3 Å². The first-order valence-corrected chi connectivity index (χ1v) is 11.8. The van der Waals surface area contributed by atoms with E-state index in [4.69, 9.17) is 16.2 Å². The van der Waals surface area contributed by atoms with Crippen molar-refractivity contribution >= 4 is 21.8 Å². The lowest BCUT2D eigenvalue weighted by atomic mass is 10.0. The van der Waals surface area contributed by atoms with Gasteiger partial charge in [-0.15, -0.1) is 0 Å². The van der Waals surface area contributed by atoms with Crippen molar-refractivity contribution in [3.63, 3.8) is 0 Å². The van der Waals surface area contributed by atoms with Gasteiger partial charge in [-0.1, -0.05) is 60.7 Å². The van der Waals surface area contributed by atoms with Gasteiger partial charge in [0.1, 0.15) is 5.84 Å². The van der Waals surface area contributed by atoms with Crippen LogP contribution in [0, 0.1) is 5.41 Å². The first-order valence-electron chi connectivity index (χ1n) is 10.3. The highest BCUT2D eigenvalue weighted by Crippen LogP contribution is 2.22. The van der Waals surface area contributed by atoms with Gasteiger partial charge in [0.15, 0.2) is 0 Å². The highest BCUT2D eigenvalue weighted by Gasteiger charge is 2.13. The van der Waals surface area contributed by atoms with Crippen LogP contribution in [0.4, 0.5) is 0 Å². The number of amides is 1.